The third-order valence-electron chi connectivity index (χ3n) is 6.13. The lowest BCUT2D eigenvalue weighted by molar-refractivity contribution is -0.133. The summed E-state index contributed by atoms with van der Waals surface area (Å²) in [4.78, 5) is 30.1. The van der Waals surface area contributed by atoms with Crippen molar-refractivity contribution in [2.24, 2.45) is 0 Å². The average molecular weight is 422 g/mol. The van der Waals surface area contributed by atoms with Gasteiger partial charge in [-0.25, -0.2) is 0 Å². The Bertz CT molecular complexity index is 845. The van der Waals surface area contributed by atoms with Gasteiger partial charge in [0.15, 0.2) is 0 Å². The van der Waals surface area contributed by atoms with Gasteiger partial charge in [0.05, 0.1) is 18.6 Å². The number of rotatable bonds is 7. The molecule has 2 aromatic rings. The van der Waals surface area contributed by atoms with Crippen LogP contribution in [0.2, 0.25) is 0 Å². The lowest BCUT2D eigenvalue weighted by Gasteiger charge is -2.36. The molecular weight excluding hydrogens is 390 g/mol. The van der Waals surface area contributed by atoms with E-state index in [4.69, 9.17) is 4.74 Å². The second-order valence-corrected chi connectivity index (χ2v) is 8.32. The summed E-state index contributed by atoms with van der Waals surface area (Å²) in [6.07, 6.45) is 2.89. The quantitative estimate of drug-likeness (QED) is 0.747. The largest absolute Gasteiger partial charge is 0.377 e. The fraction of sp³-hybridized carbons (Fsp3) is 0.440. The van der Waals surface area contributed by atoms with Gasteiger partial charge in [0.1, 0.15) is 0 Å². The monoisotopic (exact) mass is 421 g/mol. The molecule has 0 radical (unpaired) electrons. The molecule has 4 rings (SSSR count). The minimum Gasteiger partial charge on any atom is -0.377 e. The predicted octanol–water partition coefficient (Wildman–Crippen LogP) is 2.87. The van der Waals surface area contributed by atoms with E-state index in [1.165, 1.54) is 0 Å². The van der Waals surface area contributed by atoms with Crippen LogP contribution in [0.1, 0.15) is 41.2 Å². The summed E-state index contributed by atoms with van der Waals surface area (Å²) in [5.74, 6) is -0.0809. The Hall–Kier alpha value is -2.70. The van der Waals surface area contributed by atoms with E-state index in [-0.39, 0.29) is 24.3 Å². The molecule has 164 valence electrons. The first-order valence-corrected chi connectivity index (χ1v) is 11.2. The number of nitrogens with zero attached hydrogens (tertiary/aromatic N) is 2. The van der Waals surface area contributed by atoms with E-state index in [9.17, 15) is 9.59 Å². The van der Waals surface area contributed by atoms with Gasteiger partial charge >= 0.3 is 0 Å². The van der Waals surface area contributed by atoms with Crippen LogP contribution in [0.5, 0.6) is 0 Å². The van der Waals surface area contributed by atoms with Crippen molar-refractivity contribution in [1.82, 2.24) is 15.1 Å². The topological polar surface area (TPSA) is 61.9 Å². The van der Waals surface area contributed by atoms with E-state index in [1.54, 1.807) is 12.1 Å². The van der Waals surface area contributed by atoms with E-state index in [1.807, 2.05) is 53.4 Å². The lowest BCUT2D eigenvalue weighted by Crippen LogP contribution is -2.50. The van der Waals surface area contributed by atoms with Crippen LogP contribution in [-0.4, -0.2) is 67.0 Å². The summed E-state index contributed by atoms with van der Waals surface area (Å²) in [7, 11) is 0. The first-order chi connectivity index (χ1) is 15.2. The zero-order valence-corrected chi connectivity index (χ0v) is 17.9. The molecule has 0 aromatic heterocycles. The summed E-state index contributed by atoms with van der Waals surface area (Å²) in [5.41, 5.74) is 1.54. The van der Waals surface area contributed by atoms with Gasteiger partial charge in [0, 0.05) is 44.9 Å². The standard InChI is InChI=1S/C25H31N3O3/c29-24(28-15-13-27(14-16-28)19-22-12-7-17-31-22)18-23(20-8-3-1-4-9-20)26-25(30)21-10-5-2-6-11-21/h1-6,8-11,22-23H,7,12-19H2,(H,26,30). The summed E-state index contributed by atoms with van der Waals surface area (Å²) in [6.45, 7) is 5.02. The number of piperazine rings is 1. The minimum absolute atomic E-state index is 0.0824. The number of ether oxygens (including phenoxy) is 1. The molecule has 0 saturated carbocycles. The van der Waals surface area contributed by atoms with Crippen molar-refractivity contribution in [1.29, 1.82) is 0 Å². The molecule has 2 aromatic carbocycles. The fourth-order valence-corrected chi connectivity index (χ4v) is 4.33. The van der Waals surface area contributed by atoms with Crippen molar-refractivity contribution in [2.45, 2.75) is 31.4 Å². The first kappa shape index (κ1) is 21.5. The summed E-state index contributed by atoms with van der Waals surface area (Å²) >= 11 is 0. The third kappa shape index (κ3) is 5.93. The molecule has 0 bridgehead atoms. The third-order valence-corrected chi connectivity index (χ3v) is 6.13. The highest BCUT2D eigenvalue weighted by Gasteiger charge is 2.27. The zero-order chi connectivity index (χ0) is 21.5. The molecule has 0 aliphatic carbocycles. The molecule has 2 atom stereocenters. The van der Waals surface area contributed by atoms with Crippen LogP contribution >= 0.6 is 0 Å². The van der Waals surface area contributed by atoms with Crippen molar-refractivity contribution in [3.05, 3.63) is 71.8 Å². The highest BCUT2D eigenvalue weighted by molar-refractivity contribution is 5.94. The molecule has 2 fully saturated rings. The summed E-state index contributed by atoms with van der Waals surface area (Å²) in [6, 6.07) is 18.5. The molecule has 6 heteroatoms. The SMILES string of the molecule is O=C(NC(CC(=O)N1CCN(CC2CCCO2)CC1)c1ccccc1)c1ccccc1. The van der Waals surface area contributed by atoms with Crippen LogP contribution in [0, 0.1) is 0 Å². The van der Waals surface area contributed by atoms with Crippen LogP contribution in [0.15, 0.2) is 60.7 Å². The second-order valence-electron chi connectivity index (χ2n) is 8.32. The van der Waals surface area contributed by atoms with Gasteiger partial charge in [0.25, 0.3) is 5.91 Å². The van der Waals surface area contributed by atoms with Crippen LogP contribution in [0.25, 0.3) is 0 Å². The molecule has 2 saturated heterocycles. The Morgan fingerprint density at radius 1 is 0.968 bits per heavy atom. The second kappa shape index (κ2) is 10.6. The lowest BCUT2D eigenvalue weighted by atomic mass is 10.0. The summed E-state index contributed by atoms with van der Waals surface area (Å²) < 4.78 is 5.74. The van der Waals surface area contributed by atoms with Gasteiger partial charge in [-0.3, -0.25) is 14.5 Å². The molecule has 31 heavy (non-hydrogen) atoms. The van der Waals surface area contributed by atoms with E-state index in [2.05, 4.69) is 10.2 Å². The zero-order valence-electron chi connectivity index (χ0n) is 17.9. The molecular formula is C25H31N3O3. The van der Waals surface area contributed by atoms with Gasteiger partial charge in [-0.1, -0.05) is 48.5 Å². The molecule has 2 aliphatic heterocycles. The number of nitrogens with one attached hydrogen (secondary N) is 1. The van der Waals surface area contributed by atoms with Gasteiger partial charge < -0.3 is 15.0 Å². The number of hydrogen-bond acceptors (Lipinski definition) is 4. The predicted molar refractivity (Wildman–Crippen MR) is 120 cm³/mol. The Labute approximate surface area is 184 Å². The van der Waals surface area contributed by atoms with Crippen LogP contribution in [0.3, 0.4) is 0 Å². The normalized spacial score (nSPS) is 20.4. The Kier molecular flexibility index (Phi) is 7.33. The maximum absolute atomic E-state index is 13.1. The highest BCUT2D eigenvalue weighted by atomic mass is 16.5. The Balaban J connectivity index is 1.35. The van der Waals surface area contributed by atoms with Crippen molar-refractivity contribution >= 4 is 11.8 Å². The molecule has 2 amide bonds. The van der Waals surface area contributed by atoms with Gasteiger partial charge in [-0.05, 0) is 30.5 Å². The first-order valence-electron chi connectivity index (χ1n) is 11.2. The van der Waals surface area contributed by atoms with Crippen LogP contribution in [-0.2, 0) is 9.53 Å². The van der Waals surface area contributed by atoms with Gasteiger partial charge in [-0.2, -0.15) is 0 Å². The van der Waals surface area contributed by atoms with Crippen molar-refractivity contribution < 1.29 is 14.3 Å². The molecule has 1 N–H and O–H groups in total. The maximum Gasteiger partial charge on any atom is 0.251 e. The van der Waals surface area contributed by atoms with E-state index in [0.717, 1.165) is 57.7 Å². The van der Waals surface area contributed by atoms with Crippen molar-refractivity contribution in [2.75, 3.05) is 39.3 Å². The molecule has 2 aliphatic rings. The number of amides is 2. The van der Waals surface area contributed by atoms with Crippen LogP contribution < -0.4 is 5.32 Å². The van der Waals surface area contributed by atoms with Gasteiger partial charge in [0.2, 0.25) is 5.91 Å². The molecule has 0 spiro atoms. The van der Waals surface area contributed by atoms with E-state index in [0.29, 0.717) is 11.7 Å². The number of benzene rings is 2. The maximum atomic E-state index is 13.1. The smallest absolute Gasteiger partial charge is 0.251 e. The van der Waals surface area contributed by atoms with Crippen molar-refractivity contribution in [3.63, 3.8) is 0 Å². The molecule has 6 nitrogen and oxygen atoms in total. The van der Waals surface area contributed by atoms with E-state index < -0.39 is 0 Å². The van der Waals surface area contributed by atoms with Gasteiger partial charge in [-0.15, -0.1) is 0 Å². The number of carbonyl (C=O) groups excluding carboxylic acids is 2. The number of carbonyl (C=O) groups is 2. The Morgan fingerprint density at radius 3 is 2.29 bits per heavy atom. The number of hydrogen-bond donors (Lipinski definition) is 1. The molecule has 2 unspecified atom stereocenters. The van der Waals surface area contributed by atoms with Crippen molar-refractivity contribution in [3.8, 4) is 0 Å². The summed E-state index contributed by atoms with van der Waals surface area (Å²) in [5, 5.41) is 3.06. The van der Waals surface area contributed by atoms with E-state index >= 15 is 0 Å². The Morgan fingerprint density at radius 2 is 1.65 bits per heavy atom. The minimum atomic E-state index is -0.355. The fourth-order valence-electron chi connectivity index (χ4n) is 4.33. The highest BCUT2D eigenvalue weighted by Crippen LogP contribution is 2.20. The van der Waals surface area contributed by atoms with Crippen LogP contribution in [0.4, 0.5) is 0 Å². The molecule has 2 heterocycles. The average Bonchev–Trinajstić information content (AvgIpc) is 3.33.